The monoisotopic (exact) mass is 292 g/mol. The number of aryl methyl sites for hydroxylation is 2. The molecule has 0 fully saturated rings. The molecule has 0 aliphatic heterocycles. The van der Waals surface area contributed by atoms with Crippen molar-refractivity contribution >= 4 is 23.1 Å². The minimum Gasteiger partial charge on any atom is -0.333 e. The van der Waals surface area contributed by atoms with E-state index >= 15 is 0 Å². The summed E-state index contributed by atoms with van der Waals surface area (Å²) in [6, 6.07) is 8.09. The van der Waals surface area contributed by atoms with E-state index in [1.54, 1.807) is 24.3 Å². The number of amides is 2. The third kappa shape index (κ3) is 3.81. The van der Waals surface area contributed by atoms with Crippen LogP contribution < -0.4 is 10.6 Å². The fraction of sp³-hybridized carbons (Fsp3) is 0.267. The van der Waals surface area contributed by atoms with Gasteiger partial charge in [0.05, 0.1) is 6.54 Å². The number of anilines is 1. The molecule has 1 heterocycles. The highest BCUT2D eigenvalue weighted by Crippen LogP contribution is 2.17. The summed E-state index contributed by atoms with van der Waals surface area (Å²) >= 11 is 1.69. The van der Waals surface area contributed by atoms with Gasteiger partial charge in [-0.15, -0.1) is 11.3 Å². The lowest BCUT2D eigenvalue weighted by Crippen LogP contribution is -2.28. The average Bonchev–Trinajstić information content (AvgIpc) is 2.88. The van der Waals surface area contributed by atoms with E-state index in [-0.39, 0.29) is 11.8 Å². The molecule has 0 aliphatic carbocycles. The molecule has 5 heteroatoms. The predicted molar refractivity (Wildman–Crippen MR) is 80.7 cm³/mol. The van der Waals surface area contributed by atoms with Gasteiger partial charge in [-0.25, -0.2) is 9.18 Å². The summed E-state index contributed by atoms with van der Waals surface area (Å²) in [6.45, 7) is 4.36. The van der Waals surface area contributed by atoms with Crippen LogP contribution in [0.4, 0.5) is 14.9 Å². The second kappa shape index (κ2) is 6.52. The van der Waals surface area contributed by atoms with Crippen LogP contribution >= 0.6 is 11.3 Å². The first-order valence-electron chi connectivity index (χ1n) is 6.47. The van der Waals surface area contributed by atoms with Gasteiger partial charge >= 0.3 is 6.03 Å². The molecule has 3 nitrogen and oxygen atoms in total. The molecule has 0 spiro atoms. The highest BCUT2D eigenvalue weighted by atomic mass is 32.1. The maximum Gasteiger partial charge on any atom is 0.319 e. The van der Waals surface area contributed by atoms with Crippen LogP contribution in [0.25, 0.3) is 0 Å². The highest BCUT2D eigenvalue weighted by Gasteiger charge is 2.06. The molecule has 0 atom stereocenters. The number of hydrogen-bond donors (Lipinski definition) is 2. The molecule has 2 amide bonds. The summed E-state index contributed by atoms with van der Waals surface area (Å²) in [6.07, 6.45) is 1.01. The van der Waals surface area contributed by atoms with Crippen molar-refractivity contribution < 1.29 is 9.18 Å². The molecule has 0 radical (unpaired) electrons. The number of urea groups is 1. The normalized spacial score (nSPS) is 10.3. The summed E-state index contributed by atoms with van der Waals surface area (Å²) < 4.78 is 13.0. The number of benzene rings is 1. The van der Waals surface area contributed by atoms with Crippen LogP contribution in [0.3, 0.4) is 0 Å². The van der Waals surface area contributed by atoms with Crippen LogP contribution in [0, 0.1) is 12.7 Å². The van der Waals surface area contributed by atoms with Crippen molar-refractivity contribution in [1.82, 2.24) is 5.32 Å². The topological polar surface area (TPSA) is 41.1 Å². The van der Waals surface area contributed by atoms with E-state index in [0.29, 0.717) is 17.8 Å². The molecule has 2 rings (SSSR count). The van der Waals surface area contributed by atoms with Crippen molar-refractivity contribution in [1.29, 1.82) is 0 Å². The number of thiophene rings is 1. The lowest BCUT2D eigenvalue weighted by Gasteiger charge is -2.09. The summed E-state index contributed by atoms with van der Waals surface area (Å²) in [7, 11) is 0. The Balaban J connectivity index is 1.89. The van der Waals surface area contributed by atoms with Gasteiger partial charge in [-0.2, -0.15) is 0 Å². The Morgan fingerprint density at radius 3 is 2.65 bits per heavy atom. The van der Waals surface area contributed by atoms with Gasteiger partial charge in [0.15, 0.2) is 0 Å². The third-order valence-corrected chi connectivity index (χ3v) is 4.16. The van der Waals surface area contributed by atoms with E-state index in [4.69, 9.17) is 0 Å². The van der Waals surface area contributed by atoms with Crippen LogP contribution in [0.1, 0.15) is 22.2 Å². The number of carbonyl (C=O) groups is 1. The quantitative estimate of drug-likeness (QED) is 0.876. The molecule has 1 aromatic carbocycles. The van der Waals surface area contributed by atoms with Gasteiger partial charge in [-0.05, 0) is 49.2 Å². The zero-order valence-electron chi connectivity index (χ0n) is 11.5. The Morgan fingerprint density at radius 2 is 2.00 bits per heavy atom. The molecular formula is C15H17FN2OS. The Kier molecular flexibility index (Phi) is 4.74. The van der Waals surface area contributed by atoms with Crippen molar-refractivity contribution in [3.63, 3.8) is 0 Å². The smallest absolute Gasteiger partial charge is 0.319 e. The highest BCUT2D eigenvalue weighted by molar-refractivity contribution is 7.11. The zero-order chi connectivity index (χ0) is 14.5. The van der Waals surface area contributed by atoms with Gasteiger partial charge in [-0.1, -0.05) is 6.92 Å². The van der Waals surface area contributed by atoms with Crippen LogP contribution in [-0.2, 0) is 13.0 Å². The number of hydrogen-bond acceptors (Lipinski definition) is 2. The molecule has 2 aromatic rings. The molecule has 0 aliphatic rings. The largest absolute Gasteiger partial charge is 0.333 e. The van der Waals surface area contributed by atoms with Crippen molar-refractivity contribution in [2.45, 2.75) is 26.8 Å². The molecule has 0 bridgehead atoms. The van der Waals surface area contributed by atoms with Gasteiger partial charge in [0.1, 0.15) is 5.82 Å². The third-order valence-electron chi connectivity index (χ3n) is 2.93. The molecule has 0 saturated heterocycles. The minimum atomic E-state index is -0.306. The molecule has 20 heavy (non-hydrogen) atoms. The first-order chi connectivity index (χ1) is 9.58. The standard InChI is InChI=1S/C15H17FN2OS/c1-3-12-5-6-13(20-12)9-17-15(19)18-14-7-4-11(16)8-10(14)2/h4-8H,3,9H2,1-2H3,(H2,17,18,19). The lowest BCUT2D eigenvalue weighted by atomic mass is 10.2. The number of nitrogens with one attached hydrogen (secondary N) is 2. The van der Waals surface area contributed by atoms with Crippen molar-refractivity contribution in [2.75, 3.05) is 5.32 Å². The van der Waals surface area contributed by atoms with Crippen molar-refractivity contribution in [3.05, 3.63) is 51.5 Å². The maximum atomic E-state index is 13.0. The van der Waals surface area contributed by atoms with E-state index in [2.05, 4.69) is 23.6 Å². The van der Waals surface area contributed by atoms with Crippen LogP contribution in [0.2, 0.25) is 0 Å². The van der Waals surface area contributed by atoms with E-state index in [9.17, 15) is 9.18 Å². The molecule has 0 saturated carbocycles. The van der Waals surface area contributed by atoms with Crippen LogP contribution in [0.15, 0.2) is 30.3 Å². The Labute approximate surface area is 121 Å². The zero-order valence-corrected chi connectivity index (χ0v) is 12.3. The van der Waals surface area contributed by atoms with Crippen molar-refractivity contribution in [2.24, 2.45) is 0 Å². The van der Waals surface area contributed by atoms with Gasteiger partial charge in [0.2, 0.25) is 0 Å². The van der Waals surface area contributed by atoms with Gasteiger partial charge in [-0.3, -0.25) is 0 Å². The van der Waals surface area contributed by atoms with E-state index in [0.717, 1.165) is 11.3 Å². The Morgan fingerprint density at radius 1 is 1.25 bits per heavy atom. The number of carbonyl (C=O) groups excluding carboxylic acids is 1. The van der Waals surface area contributed by atoms with E-state index in [1.165, 1.54) is 17.0 Å². The first-order valence-corrected chi connectivity index (χ1v) is 7.28. The maximum absolute atomic E-state index is 13.0. The van der Waals surface area contributed by atoms with E-state index in [1.807, 2.05) is 6.07 Å². The van der Waals surface area contributed by atoms with Gasteiger partial charge < -0.3 is 10.6 Å². The van der Waals surface area contributed by atoms with Gasteiger partial charge in [0, 0.05) is 15.4 Å². The molecule has 106 valence electrons. The fourth-order valence-corrected chi connectivity index (χ4v) is 2.71. The van der Waals surface area contributed by atoms with Crippen molar-refractivity contribution in [3.8, 4) is 0 Å². The SMILES string of the molecule is CCc1ccc(CNC(=O)Nc2ccc(F)cc2C)s1. The fourth-order valence-electron chi connectivity index (χ4n) is 1.81. The number of halogens is 1. The molecule has 1 aromatic heterocycles. The van der Waals surface area contributed by atoms with Crippen LogP contribution in [0.5, 0.6) is 0 Å². The van der Waals surface area contributed by atoms with E-state index < -0.39 is 0 Å². The molecular weight excluding hydrogens is 275 g/mol. The summed E-state index contributed by atoms with van der Waals surface area (Å²) in [4.78, 5) is 14.2. The molecule has 0 unspecified atom stereocenters. The molecule has 2 N–H and O–H groups in total. The van der Waals surface area contributed by atoms with Crippen LogP contribution in [-0.4, -0.2) is 6.03 Å². The summed E-state index contributed by atoms with van der Waals surface area (Å²) in [5.41, 5.74) is 1.31. The second-order valence-electron chi connectivity index (χ2n) is 4.49. The van der Waals surface area contributed by atoms with Gasteiger partial charge in [0.25, 0.3) is 0 Å². The second-order valence-corrected chi connectivity index (χ2v) is 5.74. The minimum absolute atomic E-state index is 0.286. The lowest BCUT2D eigenvalue weighted by molar-refractivity contribution is 0.252. The summed E-state index contributed by atoms with van der Waals surface area (Å²) in [5.74, 6) is -0.306. The first kappa shape index (κ1) is 14.5. The number of rotatable bonds is 4. The Bertz CT molecular complexity index is 610. The summed E-state index contributed by atoms with van der Waals surface area (Å²) in [5, 5.41) is 5.51. The average molecular weight is 292 g/mol. The predicted octanol–water partition coefficient (Wildman–Crippen LogP) is 4.08. The Hall–Kier alpha value is -1.88.